The molecular weight excluding hydrogens is 256 g/mol. The Morgan fingerprint density at radius 3 is 2.45 bits per heavy atom. The molecule has 0 saturated carbocycles. The van der Waals surface area contributed by atoms with Gasteiger partial charge < -0.3 is 8.83 Å². The molecule has 2 heterocycles. The van der Waals surface area contributed by atoms with Crippen LogP contribution in [0.1, 0.15) is 57.0 Å². The first-order chi connectivity index (χ1) is 9.62. The van der Waals surface area contributed by atoms with E-state index in [1.165, 1.54) is 0 Å². The van der Waals surface area contributed by atoms with Crippen LogP contribution >= 0.6 is 0 Å². The molecule has 0 atom stereocenters. The van der Waals surface area contributed by atoms with Crippen LogP contribution in [0.2, 0.25) is 0 Å². The van der Waals surface area contributed by atoms with Gasteiger partial charge in [0.05, 0.1) is 12.2 Å². The van der Waals surface area contributed by atoms with Gasteiger partial charge in [0.25, 0.3) is 0 Å². The summed E-state index contributed by atoms with van der Waals surface area (Å²) < 4.78 is 11.0. The topological polar surface area (TPSA) is 68.2 Å². The van der Waals surface area contributed by atoms with E-state index in [1.54, 1.807) is 6.26 Å². The molecule has 6 heteroatoms. The molecule has 6 nitrogen and oxygen atoms in total. The molecule has 2 aromatic rings. The van der Waals surface area contributed by atoms with Gasteiger partial charge in [0.15, 0.2) is 5.89 Å². The maximum atomic E-state index is 5.54. The van der Waals surface area contributed by atoms with Gasteiger partial charge in [-0.3, -0.25) is 4.90 Å². The monoisotopic (exact) mass is 278 g/mol. The first kappa shape index (κ1) is 14.7. The average Bonchev–Trinajstić information content (AvgIpc) is 3.06. The highest BCUT2D eigenvalue weighted by atomic mass is 16.4. The summed E-state index contributed by atoms with van der Waals surface area (Å²) in [5, 5.41) is 8.03. The second kappa shape index (κ2) is 6.65. The highest BCUT2D eigenvalue weighted by Crippen LogP contribution is 2.15. The summed E-state index contributed by atoms with van der Waals surface area (Å²) >= 11 is 0. The summed E-state index contributed by atoms with van der Waals surface area (Å²) in [6.07, 6.45) is 2.49. The number of oxazole rings is 1. The SMILES string of the molecule is CCc1nnc(CN(CC)Cc2coc(C(C)C)n2)o1. The first-order valence-corrected chi connectivity index (χ1v) is 7.10. The van der Waals surface area contributed by atoms with E-state index < -0.39 is 0 Å². The van der Waals surface area contributed by atoms with Crippen LogP contribution in [0.5, 0.6) is 0 Å². The van der Waals surface area contributed by atoms with Crippen LogP contribution in [0.15, 0.2) is 15.1 Å². The van der Waals surface area contributed by atoms with Gasteiger partial charge in [-0.2, -0.15) is 0 Å². The predicted octanol–water partition coefficient (Wildman–Crippen LogP) is 2.77. The normalized spacial score (nSPS) is 11.7. The van der Waals surface area contributed by atoms with Gasteiger partial charge in [-0.1, -0.05) is 27.7 Å². The van der Waals surface area contributed by atoms with Gasteiger partial charge in [0, 0.05) is 18.9 Å². The molecule has 110 valence electrons. The van der Waals surface area contributed by atoms with Crippen molar-refractivity contribution in [2.24, 2.45) is 0 Å². The summed E-state index contributed by atoms with van der Waals surface area (Å²) in [4.78, 5) is 6.67. The van der Waals surface area contributed by atoms with Crippen molar-refractivity contribution >= 4 is 0 Å². The van der Waals surface area contributed by atoms with Crippen molar-refractivity contribution in [3.63, 3.8) is 0 Å². The Hall–Kier alpha value is -1.69. The summed E-state index contributed by atoms with van der Waals surface area (Å²) in [6.45, 7) is 10.5. The van der Waals surface area contributed by atoms with Crippen molar-refractivity contribution in [2.45, 2.75) is 53.1 Å². The van der Waals surface area contributed by atoms with Crippen LogP contribution in [0, 0.1) is 0 Å². The standard InChI is InChI=1S/C14H22N4O2/c1-5-12-16-17-13(20-12)8-18(6-2)7-11-9-19-14(15-11)10(3)4/h9-10H,5-8H2,1-4H3. The number of hydrogen-bond donors (Lipinski definition) is 0. The van der Waals surface area contributed by atoms with E-state index in [-0.39, 0.29) is 0 Å². The van der Waals surface area contributed by atoms with E-state index in [9.17, 15) is 0 Å². The number of hydrogen-bond acceptors (Lipinski definition) is 6. The molecule has 0 aliphatic heterocycles. The number of aromatic nitrogens is 3. The zero-order valence-corrected chi connectivity index (χ0v) is 12.6. The summed E-state index contributed by atoms with van der Waals surface area (Å²) in [6, 6.07) is 0. The van der Waals surface area contributed by atoms with E-state index >= 15 is 0 Å². The number of rotatable bonds is 7. The minimum atomic E-state index is 0.307. The van der Waals surface area contributed by atoms with E-state index in [0.717, 1.165) is 31.1 Å². The van der Waals surface area contributed by atoms with Gasteiger partial charge in [-0.15, -0.1) is 10.2 Å². The zero-order chi connectivity index (χ0) is 14.5. The summed E-state index contributed by atoms with van der Waals surface area (Å²) in [5.41, 5.74) is 0.936. The van der Waals surface area contributed by atoms with Crippen LogP contribution in [0.4, 0.5) is 0 Å². The lowest BCUT2D eigenvalue weighted by Crippen LogP contribution is -2.22. The summed E-state index contributed by atoms with van der Waals surface area (Å²) in [5.74, 6) is 2.42. The molecule has 0 saturated heterocycles. The maximum absolute atomic E-state index is 5.54. The molecule has 20 heavy (non-hydrogen) atoms. The Morgan fingerprint density at radius 1 is 1.15 bits per heavy atom. The minimum Gasteiger partial charge on any atom is -0.448 e. The third-order valence-corrected chi connectivity index (χ3v) is 3.07. The first-order valence-electron chi connectivity index (χ1n) is 7.10. The lowest BCUT2D eigenvalue weighted by Gasteiger charge is -2.16. The van der Waals surface area contributed by atoms with Crippen LogP contribution in [0.25, 0.3) is 0 Å². The second-order valence-electron chi connectivity index (χ2n) is 5.08. The largest absolute Gasteiger partial charge is 0.448 e. The quantitative estimate of drug-likeness (QED) is 0.775. The molecular formula is C14H22N4O2. The molecule has 2 rings (SSSR count). The van der Waals surface area contributed by atoms with E-state index in [4.69, 9.17) is 8.83 Å². The van der Waals surface area contributed by atoms with Crippen molar-refractivity contribution in [3.8, 4) is 0 Å². The van der Waals surface area contributed by atoms with Gasteiger partial charge >= 0.3 is 0 Å². The van der Waals surface area contributed by atoms with Crippen LogP contribution in [-0.2, 0) is 19.5 Å². The third kappa shape index (κ3) is 3.66. The van der Waals surface area contributed by atoms with Gasteiger partial charge in [-0.05, 0) is 6.54 Å². The maximum Gasteiger partial charge on any atom is 0.230 e. The van der Waals surface area contributed by atoms with Crippen molar-refractivity contribution in [1.29, 1.82) is 0 Å². The average molecular weight is 278 g/mol. The van der Waals surface area contributed by atoms with Gasteiger partial charge in [-0.25, -0.2) is 4.98 Å². The third-order valence-electron chi connectivity index (χ3n) is 3.07. The highest BCUT2D eigenvalue weighted by molar-refractivity contribution is 4.99. The number of aryl methyl sites for hydroxylation is 1. The molecule has 0 aromatic carbocycles. The Kier molecular flexibility index (Phi) is 4.89. The molecule has 0 spiro atoms. The van der Waals surface area contributed by atoms with E-state index in [2.05, 4.69) is 40.9 Å². The smallest absolute Gasteiger partial charge is 0.230 e. The van der Waals surface area contributed by atoms with E-state index in [0.29, 0.717) is 24.2 Å². The molecule has 0 N–H and O–H groups in total. The molecule has 0 aliphatic rings. The minimum absolute atomic E-state index is 0.307. The van der Waals surface area contributed by atoms with Crippen molar-refractivity contribution < 1.29 is 8.83 Å². The van der Waals surface area contributed by atoms with Gasteiger partial charge in [0.2, 0.25) is 11.8 Å². The lowest BCUT2D eigenvalue weighted by atomic mass is 10.2. The molecule has 0 unspecified atom stereocenters. The molecule has 0 aliphatic carbocycles. The molecule has 0 fully saturated rings. The Bertz CT molecular complexity index is 533. The van der Waals surface area contributed by atoms with Crippen molar-refractivity contribution in [3.05, 3.63) is 29.6 Å². The fourth-order valence-corrected chi connectivity index (χ4v) is 1.86. The van der Waals surface area contributed by atoms with E-state index in [1.807, 2.05) is 6.92 Å². The molecule has 0 amide bonds. The predicted molar refractivity (Wildman–Crippen MR) is 74.1 cm³/mol. The fourth-order valence-electron chi connectivity index (χ4n) is 1.86. The van der Waals surface area contributed by atoms with Gasteiger partial charge in [0.1, 0.15) is 6.26 Å². The Labute approximate surface area is 119 Å². The highest BCUT2D eigenvalue weighted by Gasteiger charge is 2.14. The Morgan fingerprint density at radius 2 is 1.90 bits per heavy atom. The number of nitrogens with zero attached hydrogens (tertiary/aromatic N) is 4. The Balaban J connectivity index is 1.97. The lowest BCUT2D eigenvalue weighted by molar-refractivity contribution is 0.237. The van der Waals surface area contributed by atoms with Crippen LogP contribution in [-0.4, -0.2) is 26.6 Å². The molecule has 0 radical (unpaired) electrons. The van der Waals surface area contributed by atoms with Crippen LogP contribution in [0.3, 0.4) is 0 Å². The fraction of sp³-hybridized carbons (Fsp3) is 0.643. The second-order valence-corrected chi connectivity index (χ2v) is 5.08. The molecule has 0 bridgehead atoms. The van der Waals surface area contributed by atoms with Crippen LogP contribution < -0.4 is 0 Å². The van der Waals surface area contributed by atoms with Crippen molar-refractivity contribution in [2.75, 3.05) is 6.54 Å². The molecule has 2 aromatic heterocycles. The summed E-state index contributed by atoms with van der Waals surface area (Å²) in [7, 11) is 0. The zero-order valence-electron chi connectivity index (χ0n) is 12.6. The van der Waals surface area contributed by atoms with Crippen molar-refractivity contribution in [1.82, 2.24) is 20.1 Å².